The molecule has 0 spiro atoms. The first-order chi connectivity index (χ1) is 7.31. The molecule has 3 atom stereocenters. The smallest absolute Gasteiger partial charge is 0.0839 e. The lowest BCUT2D eigenvalue weighted by atomic mass is 9.83. The third-order valence-electron chi connectivity index (χ3n) is 3.18. The van der Waals surface area contributed by atoms with Gasteiger partial charge in [-0.1, -0.05) is 0 Å². The fourth-order valence-electron chi connectivity index (χ4n) is 2.48. The largest absolute Gasteiger partial charge is 0.376 e. The average Bonchev–Trinajstić information content (AvgIpc) is 2.23. The van der Waals surface area contributed by atoms with Crippen LogP contribution in [-0.4, -0.2) is 32.0 Å². The maximum absolute atomic E-state index is 5.76. The van der Waals surface area contributed by atoms with Crippen LogP contribution in [-0.2, 0) is 9.47 Å². The Balaban J connectivity index is 2.41. The summed E-state index contributed by atoms with van der Waals surface area (Å²) in [6.45, 7) is 6.47. The van der Waals surface area contributed by atoms with Crippen LogP contribution >= 0.6 is 0 Å². The molecule has 1 aliphatic carbocycles. The minimum absolute atomic E-state index is 0.292. The maximum atomic E-state index is 5.76. The van der Waals surface area contributed by atoms with Crippen LogP contribution in [0.1, 0.15) is 39.5 Å². The van der Waals surface area contributed by atoms with Crippen molar-refractivity contribution in [3.05, 3.63) is 0 Å². The zero-order valence-electron chi connectivity index (χ0n) is 10.1. The SMILES string of the molecule is CCOC1CCC(CCN)CC1OCC. The summed E-state index contributed by atoms with van der Waals surface area (Å²) in [5.74, 6) is 0.739. The Labute approximate surface area is 93.3 Å². The summed E-state index contributed by atoms with van der Waals surface area (Å²) < 4.78 is 11.5. The zero-order chi connectivity index (χ0) is 11.1. The number of rotatable bonds is 6. The molecule has 0 bridgehead atoms. The minimum atomic E-state index is 0.292. The van der Waals surface area contributed by atoms with Gasteiger partial charge < -0.3 is 15.2 Å². The minimum Gasteiger partial charge on any atom is -0.376 e. The predicted molar refractivity (Wildman–Crippen MR) is 61.8 cm³/mol. The average molecular weight is 215 g/mol. The van der Waals surface area contributed by atoms with Gasteiger partial charge >= 0.3 is 0 Å². The van der Waals surface area contributed by atoms with Crippen molar-refractivity contribution in [2.75, 3.05) is 19.8 Å². The second kappa shape index (κ2) is 7.20. The van der Waals surface area contributed by atoms with Crippen LogP contribution in [0.2, 0.25) is 0 Å². The second-order valence-corrected chi connectivity index (χ2v) is 4.24. The van der Waals surface area contributed by atoms with E-state index in [1.807, 2.05) is 0 Å². The quantitative estimate of drug-likeness (QED) is 0.736. The van der Waals surface area contributed by atoms with Gasteiger partial charge in [0.25, 0.3) is 0 Å². The summed E-state index contributed by atoms with van der Waals surface area (Å²) in [6, 6.07) is 0. The van der Waals surface area contributed by atoms with Gasteiger partial charge in [0, 0.05) is 13.2 Å². The molecule has 0 heterocycles. The fraction of sp³-hybridized carbons (Fsp3) is 1.00. The van der Waals surface area contributed by atoms with Gasteiger partial charge in [-0.3, -0.25) is 0 Å². The van der Waals surface area contributed by atoms with Crippen LogP contribution in [0.25, 0.3) is 0 Å². The van der Waals surface area contributed by atoms with Gasteiger partial charge in [0.2, 0.25) is 0 Å². The predicted octanol–water partition coefficient (Wildman–Crippen LogP) is 1.95. The van der Waals surface area contributed by atoms with Crippen molar-refractivity contribution < 1.29 is 9.47 Å². The molecular formula is C12H25NO2. The maximum Gasteiger partial charge on any atom is 0.0839 e. The van der Waals surface area contributed by atoms with E-state index in [2.05, 4.69) is 13.8 Å². The van der Waals surface area contributed by atoms with Crippen molar-refractivity contribution >= 4 is 0 Å². The third kappa shape index (κ3) is 4.09. The molecule has 3 nitrogen and oxygen atoms in total. The Morgan fingerprint density at radius 2 is 1.73 bits per heavy atom. The monoisotopic (exact) mass is 215 g/mol. The van der Waals surface area contributed by atoms with E-state index in [1.165, 1.54) is 6.42 Å². The molecule has 0 saturated heterocycles. The van der Waals surface area contributed by atoms with Crippen LogP contribution in [0.3, 0.4) is 0 Å². The molecule has 90 valence electrons. The number of nitrogens with two attached hydrogens (primary N) is 1. The van der Waals surface area contributed by atoms with Crippen molar-refractivity contribution in [2.24, 2.45) is 11.7 Å². The molecular weight excluding hydrogens is 190 g/mol. The summed E-state index contributed by atoms with van der Waals surface area (Å²) in [6.07, 6.45) is 5.22. The number of ether oxygens (including phenoxy) is 2. The Hall–Kier alpha value is -0.120. The lowest BCUT2D eigenvalue weighted by molar-refractivity contribution is -0.0972. The van der Waals surface area contributed by atoms with Gasteiger partial charge in [0.05, 0.1) is 12.2 Å². The Kier molecular flexibility index (Phi) is 6.22. The first kappa shape index (κ1) is 12.9. The van der Waals surface area contributed by atoms with E-state index in [-0.39, 0.29) is 0 Å². The standard InChI is InChI=1S/C12H25NO2/c1-3-14-11-6-5-10(7-8-13)9-12(11)15-4-2/h10-12H,3-9,13H2,1-2H3. The van der Waals surface area contributed by atoms with Crippen LogP contribution in [0.4, 0.5) is 0 Å². The molecule has 1 rings (SSSR count). The molecule has 1 aliphatic rings. The highest BCUT2D eigenvalue weighted by Crippen LogP contribution is 2.30. The van der Waals surface area contributed by atoms with Crippen LogP contribution in [0, 0.1) is 5.92 Å². The van der Waals surface area contributed by atoms with Crippen LogP contribution in [0.15, 0.2) is 0 Å². The first-order valence-electron chi connectivity index (χ1n) is 6.25. The van der Waals surface area contributed by atoms with E-state index < -0.39 is 0 Å². The molecule has 1 saturated carbocycles. The molecule has 0 amide bonds. The Morgan fingerprint density at radius 1 is 1.07 bits per heavy atom. The van der Waals surface area contributed by atoms with Crippen molar-refractivity contribution in [2.45, 2.75) is 51.7 Å². The second-order valence-electron chi connectivity index (χ2n) is 4.24. The molecule has 0 aromatic heterocycles. The van der Waals surface area contributed by atoms with Crippen LogP contribution in [0.5, 0.6) is 0 Å². The Morgan fingerprint density at radius 3 is 2.33 bits per heavy atom. The van der Waals surface area contributed by atoms with Crippen molar-refractivity contribution in [3.63, 3.8) is 0 Å². The van der Waals surface area contributed by atoms with E-state index in [4.69, 9.17) is 15.2 Å². The zero-order valence-corrected chi connectivity index (χ0v) is 10.1. The van der Waals surface area contributed by atoms with Crippen LogP contribution < -0.4 is 5.73 Å². The molecule has 3 heteroatoms. The molecule has 0 radical (unpaired) electrons. The van der Waals surface area contributed by atoms with Gasteiger partial charge in [0.15, 0.2) is 0 Å². The summed E-state index contributed by atoms with van der Waals surface area (Å²) in [5.41, 5.74) is 5.60. The molecule has 0 aromatic rings. The first-order valence-corrected chi connectivity index (χ1v) is 6.25. The highest BCUT2D eigenvalue weighted by atomic mass is 16.5. The highest BCUT2D eigenvalue weighted by Gasteiger charge is 2.30. The Bertz CT molecular complexity index is 164. The summed E-state index contributed by atoms with van der Waals surface area (Å²) >= 11 is 0. The van der Waals surface area contributed by atoms with E-state index in [0.717, 1.165) is 44.9 Å². The summed E-state index contributed by atoms with van der Waals surface area (Å²) in [4.78, 5) is 0. The van der Waals surface area contributed by atoms with Crippen molar-refractivity contribution in [1.82, 2.24) is 0 Å². The molecule has 1 fully saturated rings. The summed E-state index contributed by atoms with van der Waals surface area (Å²) in [5, 5.41) is 0. The lowest BCUT2D eigenvalue weighted by Crippen LogP contribution is -2.38. The topological polar surface area (TPSA) is 44.5 Å². The summed E-state index contributed by atoms with van der Waals surface area (Å²) in [7, 11) is 0. The van der Waals surface area contributed by atoms with Gasteiger partial charge in [-0.2, -0.15) is 0 Å². The van der Waals surface area contributed by atoms with E-state index in [1.54, 1.807) is 0 Å². The van der Waals surface area contributed by atoms with E-state index in [9.17, 15) is 0 Å². The van der Waals surface area contributed by atoms with E-state index >= 15 is 0 Å². The highest BCUT2D eigenvalue weighted by molar-refractivity contribution is 4.81. The van der Waals surface area contributed by atoms with Crippen molar-refractivity contribution in [3.8, 4) is 0 Å². The number of hydrogen-bond acceptors (Lipinski definition) is 3. The lowest BCUT2D eigenvalue weighted by Gasteiger charge is -2.35. The third-order valence-corrected chi connectivity index (χ3v) is 3.18. The van der Waals surface area contributed by atoms with Gasteiger partial charge in [-0.25, -0.2) is 0 Å². The van der Waals surface area contributed by atoms with Gasteiger partial charge in [0.1, 0.15) is 0 Å². The number of hydrogen-bond donors (Lipinski definition) is 1. The molecule has 2 N–H and O–H groups in total. The fourth-order valence-corrected chi connectivity index (χ4v) is 2.48. The normalized spacial score (nSPS) is 31.8. The van der Waals surface area contributed by atoms with E-state index in [0.29, 0.717) is 12.2 Å². The molecule has 0 aromatic carbocycles. The van der Waals surface area contributed by atoms with Gasteiger partial charge in [-0.05, 0) is 52.0 Å². The molecule has 0 aliphatic heterocycles. The van der Waals surface area contributed by atoms with Gasteiger partial charge in [-0.15, -0.1) is 0 Å². The molecule has 15 heavy (non-hydrogen) atoms. The van der Waals surface area contributed by atoms with Crippen molar-refractivity contribution in [1.29, 1.82) is 0 Å². The molecule has 3 unspecified atom stereocenters.